The van der Waals surface area contributed by atoms with Crippen molar-refractivity contribution in [1.82, 2.24) is 4.98 Å². The van der Waals surface area contributed by atoms with Crippen molar-refractivity contribution in [3.63, 3.8) is 0 Å². The van der Waals surface area contributed by atoms with Gasteiger partial charge in [-0.1, -0.05) is 18.9 Å². The fourth-order valence-electron chi connectivity index (χ4n) is 3.17. The Kier molecular flexibility index (Phi) is 3.49. The summed E-state index contributed by atoms with van der Waals surface area (Å²) in [5, 5.41) is 11.3. The van der Waals surface area contributed by atoms with Gasteiger partial charge >= 0.3 is 5.97 Å². The van der Waals surface area contributed by atoms with Crippen LogP contribution in [0.3, 0.4) is 0 Å². The highest BCUT2D eigenvalue weighted by molar-refractivity contribution is 5.95. The Balaban J connectivity index is 1.99. The first kappa shape index (κ1) is 13.2. The lowest BCUT2D eigenvalue weighted by molar-refractivity contribution is 0.0601. The van der Waals surface area contributed by atoms with Gasteiger partial charge in [0.25, 0.3) is 0 Å². The van der Waals surface area contributed by atoms with E-state index in [1.54, 1.807) is 12.1 Å². The Morgan fingerprint density at radius 2 is 2.15 bits per heavy atom. The molecule has 1 fully saturated rings. The van der Waals surface area contributed by atoms with Crippen LogP contribution in [0.2, 0.25) is 0 Å². The molecule has 1 saturated carbocycles. The standard InChI is InChI=1S/C16H19NO3/c1-20-16(19)10-6-7-11-13(9-17-14(11)8-10)12-4-2-3-5-15(12)18/h6-9,12,15,17-18H,2-5H2,1H3/t12-,15+/m1/s1. The third kappa shape index (κ3) is 2.20. The molecule has 0 unspecified atom stereocenters. The second-order valence-corrected chi connectivity index (χ2v) is 5.45. The van der Waals surface area contributed by atoms with Crippen LogP contribution in [0.25, 0.3) is 10.9 Å². The van der Waals surface area contributed by atoms with Gasteiger partial charge in [0.2, 0.25) is 0 Å². The zero-order valence-corrected chi connectivity index (χ0v) is 11.6. The van der Waals surface area contributed by atoms with E-state index in [1.807, 2.05) is 12.3 Å². The normalized spacial score (nSPS) is 22.9. The molecule has 1 aromatic heterocycles. The number of carbonyl (C=O) groups is 1. The molecule has 1 aliphatic carbocycles. The zero-order valence-electron chi connectivity index (χ0n) is 11.6. The number of aliphatic hydroxyl groups is 1. The summed E-state index contributed by atoms with van der Waals surface area (Å²) in [6, 6.07) is 5.52. The van der Waals surface area contributed by atoms with Crippen LogP contribution >= 0.6 is 0 Å². The van der Waals surface area contributed by atoms with Crippen molar-refractivity contribution in [1.29, 1.82) is 0 Å². The lowest BCUT2D eigenvalue weighted by Crippen LogP contribution is -2.22. The molecule has 1 heterocycles. The molecule has 0 spiro atoms. The first-order valence-corrected chi connectivity index (χ1v) is 7.08. The molecule has 0 aliphatic heterocycles. The van der Waals surface area contributed by atoms with Crippen molar-refractivity contribution in [2.24, 2.45) is 0 Å². The number of ether oxygens (including phenoxy) is 1. The Morgan fingerprint density at radius 1 is 1.35 bits per heavy atom. The van der Waals surface area contributed by atoms with Crippen molar-refractivity contribution in [3.05, 3.63) is 35.5 Å². The van der Waals surface area contributed by atoms with E-state index in [0.717, 1.165) is 42.1 Å². The van der Waals surface area contributed by atoms with Crippen LogP contribution in [0.4, 0.5) is 0 Å². The molecule has 106 valence electrons. The Labute approximate surface area is 117 Å². The molecule has 4 heteroatoms. The number of hydrogen-bond donors (Lipinski definition) is 2. The number of carbonyl (C=O) groups excluding carboxylic acids is 1. The van der Waals surface area contributed by atoms with E-state index in [2.05, 4.69) is 4.98 Å². The molecule has 1 aliphatic rings. The smallest absolute Gasteiger partial charge is 0.337 e. The Hall–Kier alpha value is -1.81. The molecule has 3 rings (SSSR count). The number of aromatic amines is 1. The highest BCUT2D eigenvalue weighted by Gasteiger charge is 2.26. The number of H-pyrrole nitrogens is 1. The number of rotatable bonds is 2. The van der Waals surface area contributed by atoms with E-state index in [1.165, 1.54) is 7.11 Å². The molecule has 2 atom stereocenters. The minimum Gasteiger partial charge on any atom is -0.465 e. The summed E-state index contributed by atoms with van der Waals surface area (Å²) < 4.78 is 4.73. The molecule has 1 aromatic carbocycles. The fraction of sp³-hybridized carbons (Fsp3) is 0.438. The van der Waals surface area contributed by atoms with Gasteiger partial charge in [0, 0.05) is 23.0 Å². The molecule has 0 bridgehead atoms. The third-order valence-electron chi connectivity index (χ3n) is 4.26. The Bertz CT molecular complexity index is 632. The van der Waals surface area contributed by atoms with E-state index in [0.29, 0.717) is 5.56 Å². The maximum absolute atomic E-state index is 11.5. The van der Waals surface area contributed by atoms with Crippen LogP contribution in [0.5, 0.6) is 0 Å². The van der Waals surface area contributed by atoms with E-state index in [9.17, 15) is 9.90 Å². The van der Waals surface area contributed by atoms with Crippen molar-refractivity contribution >= 4 is 16.9 Å². The first-order valence-electron chi connectivity index (χ1n) is 7.08. The van der Waals surface area contributed by atoms with Crippen LogP contribution in [0, 0.1) is 0 Å². The number of benzene rings is 1. The average molecular weight is 273 g/mol. The zero-order chi connectivity index (χ0) is 14.1. The van der Waals surface area contributed by atoms with Gasteiger partial charge in [0.05, 0.1) is 18.8 Å². The van der Waals surface area contributed by atoms with Crippen molar-refractivity contribution in [2.75, 3.05) is 7.11 Å². The maximum Gasteiger partial charge on any atom is 0.337 e. The summed E-state index contributed by atoms with van der Waals surface area (Å²) in [5.41, 5.74) is 2.61. The molecule has 0 saturated heterocycles. The molecule has 4 nitrogen and oxygen atoms in total. The number of esters is 1. The monoisotopic (exact) mass is 273 g/mol. The van der Waals surface area contributed by atoms with E-state index >= 15 is 0 Å². The number of aromatic nitrogens is 1. The van der Waals surface area contributed by atoms with Crippen LogP contribution in [-0.4, -0.2) is 29.3 Å². The second kappa shape index (κ2) is 5.29. The number of fused-ring (bicyclic) bond motifs is 1. The molecule has 20 heavy (non-hydrogen) atoms. The van der Waals surface area contributed by atoms with Gasteiger partial charge in [-0.3, -0.25) is 0 Å². The fourth-order valence-corrected chi connectivity index (χ4v) is 3.17. The second-order valence-electron chi connectivity index (χ2n) is 5.45. The third-order valence-corrected chi connectivity index (χ3v) is 4.26. The van der Waals surface area contributed by atoms with Crippen LogP contribution in [0.1, 0.15) is 47.5 Å². The topological polar surface area (TPSA) is 62.3 Å². The van der Waals surface area contributed by atoms with Gasteiger partial charge in [-0.25, -0.2) is 4.79 Å². The molecule has 2 aromatic rings. The molecule has 0 amide bonds. The Morgan fingerprint density at radius 3 is 2.90 bits per heavy atom. The molecular formula is C16H19NO3. The van der Waals surface area contributed by atoms with Gasteiger partial charge in [-0.2, -0.15) is 0 Å². The lowest BCUT2D eigenvalue weighted by atomic mass is 9.81. The SMILES string of the molecule is COC(=O)c1ccc2c([C@H]3CCCC[C@@H]3O)c[nH]c2c1. The molecular weight excluding hydrogens is 254 g/mol. The average Bonchev–Trinajstić information content (AvgIpc) is 2.90. The van der Waals surface area contributed by atoms with Crippen molar-refractivity contribution < 1.29 is 14.6 Å². The minimum atomic E-state index is -0.333. The van der Waals surface area contributed by atoms with E-state index in [4.69, 9.17) is 4.74 Å². The summed E-state index contributed by atoms with van der Waals surface area (Å²) in [6.07, 6.45) is 5.86. The number of hydrogen-bond acceptors (Lipinski definition) is 3. The highest BCUT2D eigenvalue weighted by atomic mass is 16.5. The largest absolute Gasteiger partial charge is 0.465 e. The van der Waals surface area contributed by atoms with Gasteiger partial charge in [-0.05, 0) is 30.5 Å². The molecule has 2 N–H and O–H groups in total. The number of nitrogens with one attached hydrogen (secondary N) is 1. The van der Waals surface area contributed by atoms with Crippen LogP contribution in [-0.2, 0) is 4.74 Å². The van der Waals surface area contributed by atoms with Crippen molar-refractivity contribution in [2.45, 2.75) is 37.7 Å². The van der Waals surface area contributed by atoms with Gasteiger partial charge in [0.1, 0.15) is 0 Å². The summed E-state index contributed by atoms with van der Waals surface area (Å²) >= 11 is 0. The lowest BCUT2D eigenvalue weighted by Gasteiger charge is -2.27. The summed E-state index contributed by atoms with van der Waals surface area (Å²) in [7, 11) is 1.38. The summed E-state index contributed by atoms with van der Waals surface area (Å²) in [6.45, 7) is 0. The van der Waals surface area contributed by atoms with Gasteiger partial charge in [-0.15, -0.1) is 0 Å². The highest BCUT2D eigenvalue weighted by Crippen LogP contribution is 2.36. The minimum absolute atomic E-state index is 0.196. The van der Waals surface area contributed by atoms with Crippen LogP contribution in [0.15, 0.2) is 24.4 Å². The number of aliphatic hydroxyl groups excluding tert-OH is 1. The van der Waals surface area contributed by atoms with Gasteiger partial charge in [0.15, 0.2) is 0 Å². The van der Waals surface area contributed by atoms with Crippen LogP contribution < -0.4 is 0 Å². The summed E-state index contributed by atoms with van der Waals surface area (Å²) in [4.78, 5) is 14.7. The predicted octanol–water partition coefficient (Wildman–Crippen LogP) is 2.97. The predicted molar refractivity (Wildman–Crippen MR) is 76.9 cm³/mol. The maximum atomic E-state index is 11.5. The first-order chi connectivity index (χ1) is 9.70. The van der Waals surface area contributed by atoms with Gasteiger partial charge < -0.3 is 14.8 Å². The summed E-state index contributed by atoms with van der Waals surface area (Å²) in [5.74, 6) is -0.137. The number of methoxy groups -OCH3 is 1. The quantitative estimate of drug-likeness (QED) is 0.827. The van der Waals surface area contributed by atoms with E-state index < -0.39 is 0 Å². The van der Waals surface area contributed by atoms with Crippen molar-refractivity contribution in [3.8, 4) is 0 Å². The molecule has 0 radical (unpaired) electrons. The van der Waals surface area contributed by atoms with E-state index in [-0.39, 0.29) is 18.0 Å².